The number of hydrogen-bond acceptors (Lipinski definition) is 1. The summed E-state index contributed by atoms with van der Waals surface area (Å²) in [6.45, 7) is 0. The number of pyridine rings is 1. The van der Waals surface area contributed by atoms with Crippen molar-refractivity contribution < 1.29 is 0 Å². The van der Waals surface area contributed by atoms with Gasteiger partial charge in [0, 0.05) is 22.7 Å². The van der Waals surface area contributed by atoms with Crippen LogP contribution in [-0.2, 0) is 0 Å². The van der Waals surface area contributed by atoms with E-state index in [4.69, 9.17) is 4.98 Å². The standard InChI is InChI=1S/C41H24N2/c1-2-8-31-26(7-1)17-19-37-40-38(13-6-22-42-40)43(41(31)37)29-18-16-25-14-15-27(23-28(25)24-29)30-20-21-36-33-10-4-3-9-32(33)35-12-5-11-34(30)39(35)36/h1-24H. The van der Waals surface area contributed by atoms with E-state index in [1.54, 1.807) is 0 Å². The number of nitrogens with zero attached hydrogens (tertiary/aromatic N) is 2. The molecule has 43 heavy (non-hydrogen) atoms. The van der Waals surface area contributed by atoms with Crippen LogP contribution in [0.25, 0.3) is 93.3 Å². The lowest BCUT2D eigenvalue weighted by molar-refractivity contribution is 1.19. The van der Waals surface area contributed by atoms with Gasteiger partial charge in [-0.05, 0) is 96.7 Å². The van der Waals surface area contributed by atoms with Gasteiger partial charge >= 0.3 is 0 Å². The molecule has 10 rings (SSSR count). The Balaban J connectivity index is 1.21. The van der Waals surface area contributed by atoms with Crippen LogP contribution in [0.5, 0.6) is 0 Å². The van der Waals surface area contributed by atoms with Crippen LogP contribution in [0, 0.1) is 0 Å². The minimum Gasteiger partial charge on any atom is -0.307 e. The SMILES string of the molecule is c1ccc2c(c1)-c1cccc3c(-c4ccc5ccc(-n6c7cccnc7c7ccc8ccccc8c76)cc5c4)ccc-2c13. The molecule has 0 radical (unpaired) electrons. The second-order valence-electron chi connectivity index (χ2n) is 11.6. The Morgan fingerprint density at radius 3 is 2.12 bits per heavy atom. The van der Waals surface area contributed by atoms with Crippen molar-refractivity contribution in [3.63, 3.8) is 0 Å². The largest absolute Gasteiger partial charge is 0.307 e. The molecule has 2 heteroatoms. The molecule has 0 saturated heterocycles. The lowest BCUT2D eigenvalue weighted by Gasteiger charge is -2.13. The number of benzene rings is 7. The van der Waals surface area contributed by atoms with Crippen molar-refractivity contribution in [2.45, 2.75) is 0 Å². The van der Waals surface area contributed by atoms with Crippen molar-refractivity contribution in [3.05, 3.63) is 146 Å². The first-order valence-corrected chi connectivity index (χ1v) is 14.8. The molecule has 7 aromatic carbocycles. The third-order valence-electron chi connectivity index (χ3n) is 9.35. The van der Waals surface area contributed by atoms with E-state index in [2.05, 4.69) is 138 Å². The first-order valence-electron chi connectivity index (χ1n) is 14.8. The molecule has 1 aliphatic rings. The van der Waals surface area contributed by atoms with Crippen LogP contribution >= 0.6 is 0 Å². The molecule has 0 amide bonds. The van der Waals surface area contributed by atoms with Crippen molar-refractivity contribution in [3.8, 4) is 39.1 Å². The van der Waals surface area contributed by atoms with E-state index < -0.39 is 0 Å². The van der Waals surface area contributed by atoms with Crippen LogP contribution in [0.3, 0.4) is 0 Å². The average molecular weight is 545 g/mol. The third kappa shape index (κ3) is 3.10. The highest BCUT2D eigenvalue weighted by Crippen LogP contribution is 2.49. The molecule has 0 atom stereocenters. The van der Waals surface area contributed by atoms with E-state index in [0.29, 0.717) is 0 Å². The Hall–Kier alpha value is -5.73. The maximum atomic E-state index is 4.82. The van der Waals surface area contributed by atoms with Crippen LogP contribution in [0.15, 0.2) is 146 Å². The van der Waals surface area contributed by atoms with Crippen molar-refractivity contribution in [2.24, 2.45) is 0 Å². The molecule has 1 aliphatic carbocycles. The van der Waals surface area contributed by atoms with Crippen molar-refractivity contribution in [2.75, 3.05) is 0 Å². The zero-order valence-electron chi connectivity index (χ0n) is 23.3. The van der Waals surface area contributed by atoms with Gasteiger partial charge in [0.05, 0.1) is 16.6 Å². The average Bonchev–Trinajstić information content (AvgIpc) is 3.59. The fourth-order valence-corrected chi connectivity index (χ4v) is 7.46. The first kappa shape index (κ1) is 22.9. The molecule has 0 fully saturated rings. The molecule has 0 aliphatic heterocycles. The summed E-state index contributed by atoms with van der Waals surface area (Å²) >= 11 is 0. The predicted octanol–water partition coefficient (Wildman–Crippen LogP) is 11.0. The van der Waals surface area contributed by atoms with Crippen LogP contribution in [0.4, 0.5) is 0 Å². The minimum absolute atomic E-state index is 1.03. The van der Waals surface area contributed by atoms with Crippen molar-refractivity contribution >= 4 is 54.3 Å². The Morgan fingerprint density at radius 1 is 0.442 bits per heavy atom. The van der Waals surface area contributed by atoms with Gasteiger partial charge in [0.25, 0.3) is 0 Å². The molecule has 0 spiro atoms. The van der Waals surface area contributed by atoms with Gasteiger partial charge in [0.2, 0.25) is 0 Å². The minimum atomic E-state index is 1.03. The van der Waals surface area contributed by atoms with E-state index in [9.17, 15) is 0 Å². The second kappa shape index (κ2) is 8.40. The summed E-state index contributed by atoms with van der Waals surface area (Å²) in [5.41, 5.74) is 12.3. The van der Waals surface area contributed by atoms with Gasteiger partial charge in [-0.25, -0.2) is 0 Å². The van der Waals surface area contributed by atoms with Gasteiger partial charge in [-0.1, -0.05) is 103 Å². The molecule has 9 aromatic rings. The predicted molar refractivity (Wildman–Crippen MR) is 181 cm³/mol. The number of rotatable bonds is 2. The Morgan fingerprint density at radius 2 is 1.19 bits per heavy atom. The highest BCUT2D eigenvalue weighted by atomic mass is 15.0. The second-order valence-corrected chi connectivity index (χ2v) is 11.6. The highest BCUT2D eigenvalue weighted by molar-refractivity contribution is 6.19. The first-order chi connectivity index (χ1) is 21.3. The summed E-state index contributed by atoms with van der Waals surface area (Å²) in [4.78, 5) is 4.82. The van der Waals surface area contributed by atoms with Gasteiger partial charge in [0.1, 0.15) is 0 Å². The summed E-state index contributed by atoms with van der Waals surface area (Å²) in [6, 6.07) is 51.1. The topological polar surface area (TPSA) is 17.8 Å². The molecule has 0 saturated carbocycles. The summed E-state index contributed by atoms with van der Waals surface area (Å²) in [6.07, 6.45) is 1.89. The maximum absolute atomic E-state index is 4.82. The molecule has 2 nitrogen and oxygen atoms in total. The van der Waals surface area contributed by atoms with Gasteiger partial charge in [-0.3, -0.25) is 4.98 Å². The summed E-state index contributed by atoms with van der Waals surface area (Å²) in [5, 5.41) is 8.77. The van der Waals surface area contributed by atoms with Crippen molar-refractivity contribution in [1.29, 1.82) is 0 Å². The van der Waals surface area contributed by atoms with Gasteiger partial charge in [-0.15, -0.1) is 0 Å². The monoisotopic (exact) mass is 544 g/mol. The van der Waals surface area contributed by atoms with Gasteiger partial charge < -0.3 is 4.57 Å². The summed E-state index contributed by atoms with van der Waals surface area (Å²) < 4.78 is 2.39. The Bertz CT molecular complexity index is 2590. The van der Waals surface area contributed by atoms with E-state index in [0.717, 1.165) is 16.7 Å². The molecular weight excluding hydrogens is 520 g/mol. The molecule has 0 N–H and O–H groups in total. The van der Waals surface area contributed by atoms with Gasteiger partial charge in [0.15, 0.2) is 0 Å². The highest BCUT2D eigenvalue weighted by Gasteiger charge is 2.22. The number of fused-ring (bicyclic) bond motifs is 9. The Kier molecular flexibility index (Phi) is 4.48. The lowest BCUT2D eigenvalue weighted by Crippen LogP contribution is -1.95. The van der Waals surface area contributed by atoms with Gasteiger partial charge in [-0.2, -0.15) is 0 Å². The lowest BCUT2D eigenvalue weighted by atomic mass is 9.93. The quantitative estimate of drug-likeness (QED) is 0.212. The normalized spacial score (nSPS) is 12.2. The number of hydrogen-bond donors (Lipinski definition) is 0. The number of aromatic nitrogens is 2. The molecular formula is C41H24N2. The molecule has 2 heterocycles. The molecule has 0 unspecified atom stereocenters. The molecule has 0 bridgehead atoms. The molecule has 2 aromatic heterocycles. The van der Waals surface area contributed by atoms with Crippen LogP contribution < -0.4 is 0 Å². The van der Waals surface area contributed by atoms with E-state index in [1.165, 1.54) is 76.6 Å². The Labute approximate surface area is 248 Å². The maximum Gasteiger partial charge on any atom is 0.0963 e. The summed E-state index contributed by atoms with van der Waals surface area (Å²) in [5.74, 6) is 0. The van der Waals surface area contributed by atoms with E-state index in [-0.39, 0.29) is 0 Å². The summed E-state index contributed by atoms with van der Waals surface area (Å²) in [7, 11) is 0. The molecule has 198 valence electrons. The van der Waals surface area contributed by atoms with Crippen LogP contribution in [0.1, 0.15) is 0 Å². The van der Waals surface area contributed by atoms with E-state index >= 15 is 0 Å². The smallest absolute Gasteiger partial charge is 0.0963 e. The third-order valence-corrected chi connectivity index (χ3v) is 9.35. The van der Waals surface area contributed by atoms with E-state index in [1.807, 2.05) is 12.3 Å². The zero-order valence-corrected chi connectivity index (χ0v) is 23.3. The fourth-order valence-electron chi connectivity index (χ4n) is 7.46. The van der Waals surface area contributed by atoms with Crippen LogP contribution in [0.2, 0.25) is 0 Å². The van der Waals surface area contributed by atoms with Crippen LogP contribution in [-0.4, -0.2) is 9.55 Å². The fraction of sp³-hybridized carbons (Fsp3) is 0. The van der Waals surface area contributed by atoms with Crippen molar-refractivity contribution in [1.82, 2.24) is 9.55 Å². The zero-order chi connectivity index (χ0) is 28.1.